The van der Waals surface area contributed by atoms with Crippen molar-refractivity contribution in [3.05, 3.63) is 98.4 Å². The predicted octanol–water partition coefficient (Wildman–Crippen LogP) is 6.04. The van der Waals surface area contributed by atoms with Crippen molar-refractivity contribution in [1.29, 1.82) is 0 Å². The summed E-state index contributed by atoms with van der Waals surface area (Å²) in [6.45, 7) is 6.35. The molecule has 2 aromatic carbocycles. The molecule has 1 unspecified atom stereocenters. The first-order valence-electron chi connectivity index (χ1n) is 9.93. The monoisotopic (exact) mass is 432 g/mol. The fraction of sp³-hybridized carbons (Fsp3) is 0.208. The highest BCUT2D eigenvalue weighted by Gasteiger charge is 2.31. The third kappa shape index (κ3) is 3.18. The first-order chi connectivity index (χ1) is 14.5. The summed E-state index contributed by atoms with van der Waals surface area (Å²) >= 11 is 7.95. The van der Waals surface area contributed by atoms with E-state index in [2.05, 4.69) is 65.0 Å². The normalized spacial score (nSPS) is 15.3. The number of nitrogens with zero attached hydrogens (tertiary/aromatic N) is 4. The molecule has 0 N–H and O–H groups in total. The lowest BCUT2D eigenvalue weighted by Gasteiger charge is -2.13. The number of aryl methyl sites for hydroxylation is 2. The van der Waals surface area contributed by atoms with Crippen molar-refractivity contribution < 1.29 is 0 Å². The topological polar surface area (TPSA) is 43.1 Å². The van der Waals surface area contributed by atoms with Crippen molar-refractivity contribution in [3.63, 3.8) is 0 Å². The van der Waals surface area contributed by atoms with Crippen LogP contribution < -0.4 is 0 Å². The zero-order valence-corrected chi connectivity index (χ0v) is 18.6. The van der Waals surface area contributed by atoms with Crippen molar-refractivity contribution >= 4 is 28.6 Å². The molecule has 0 bridgehead atoms. The molecule has 0 aliphatic carbocycles. The number of halogens is 1. The van der Waals surface area contributed by atoms with Gasteiger partial charge < -0.3 is 0 Å². The summed E-state index contributed by atoms with van der Waals surface area (Å²) < 4.78 is 2.19. The van der Waals surface area contributed by atoms with Crippen LogP contribution in [0.15, 0.2) is 59.6 Å². The van der Waals surface area contributed by atoms with Gasteiger partial charge in [-0.05, 0) is 44.0 Å². The van der Waals surface area contributed by atoms with Crippen molar-refractivity contribution in [2.75, 3.05) is 0 Å². The SMILES string of the molecule is Cc1sc2c(c1C)C(c1ccc(Cl)cc1)=NC(Cc1ccccc1)c1nnc(C)n1-2. The first kappa shape index (κ1) is 19.2. The maximum absolute atomic E-state index is 6.17. The average molecular weight is 433 g/mol. The number of hydrogen-bond acceptors (Lipinski definition) is 4. The lowest BCUT2D eigenvalue weighted by Crippen LogP contribution is -2.09. The number of aromatic nitrogens is 3. The van der Waals surface area contributed by atoms with Crippen LogP contribution in [-0.4, -0.2) is 20.5 Å². The molecule has 0 saturated heterocycles. The molecule has 6 heteroatoms. The maximum atomic E-state index is 6.17. The van der Waals surface area contributed by atoms with Gasteiger partial charge in [0, 0.05) is 27.4 Å². The summed E-state index contributed by atoms with van der Waals surface area (Å²) in [5.41, 5.74) is 5.71. The highest BCUT2D eigenvalue weighted by Crippen LogP contribution is 2.39. The van der Waals surface area contributed by atoms with Gasteiger partial charge in [0.2, 0.25) is 0 Å². The molecule has 0 radical (unpaired) electrons. The fourth-order valence-electron chi connectivity index (χ4n) is 3.97. The highest BCUT2D eigenvalue weighted by atomic mass is 35.5. The zero-order chi connectivity index (χ0) is 20.8. The second-order valence-corrected chi connectivity index (χ2v) is 9.23. The van der Waals surface area contributed by atoms with Crippen molar-refractivity contribution in [3.8, 4) is 5.00 Å². The minimum atomic E-state index is -0.126. The fourth-order valence-corrected chi connectivity index (χ4v) is 5.31. The van der Waals surface area contributed by atoms with Crippen LogP contribution in [0.25, 0.3) is 5.00 Å². The molecule has 4 nitrogen and oxygen atoms in total. The molecule has 3 heterocycles. The lowest BCUT2D eigenvalue weighted by atomic mass is 9.99. The van der Waals surface area contributed by atoms with Crippen LogP contribution in [0, 0.1) is 20.8 Å². The van der Waals surface area contributed by atoms with E-state index in [0.29, 0.717) is 0 Å². The number of benzene rings is 2. The van der Waals surface area contributed by atoms with Gasteiger partial charge in [-0.3, -0.25) is 9.56 Å². The van der Waals surface area contributed by atoms with E-state index in [1.165, 1.54) is 21.6 Å². The standard InChI is InChI=1S/C24H21ClN4S/c1-14-15(2)30-24-21(14)22(18-9-11-19(25)12-10-18)26-20(13-17-7-5-4-6-8-17)23-28-27-16(3)29(23)24/h4-12,20H,13H2,1-3H3. The molecule has 5 rings (SSSR count). The third-order valence-electron chi connectivity index (χ3n) is 5.63. The van der Waals surface area contributed by atoms with E-state index in [1.807, 2.05) is 25.1 Å². The second-order valence-electron chi connectivity index (χ2n) is 7.59. The number of rotatable bonds is 3. The number of hydrogen-bond donors (Lipinski definition) is 0. The third-order valence-corrected chi connectivity index (χ3v) is 7.07. The number of fused-ring (bicyclic) bond motifs is 3. The van der Waals surface area contributed by atoms with E-state index < -0.39 is 0 Å². The van der Waals surface area contributed by atoms with Gasteiger partial charge in [0.05, 0.1) is 5.71 Å². The second kappa shape index (κ2) is 7.49. The smallest absolute Gasteiger partial charge is 0.163 e. The van der Waals surface area contributed by atoms with Gasteiger partial charge in [-0.15, -0.1) is 21.5 Å². The summed E-state index contributed by atoms with van der Waals surface area (Å²) in [6.07, 6.45) is 0.767. The molecule has 2 aromatic heterocycles. The Morgan fingerprint density at radius 1 is 0.967 bits per heavy atom. The largest absolute Gasteiger partial charge is 0.272 e. The summed E-state index contributed by atoms with van der Waals surface area (Å²) in [5, 5.41) is 10.8. The average Bonchev–Trinajstić information content (AvgIpc) is 3.22. The molecule has 0 amide bonds. The van der Waals surface area contributed by atoms with Crippen molar-refractivity contribution in [2.45, 2.75) is 33.2 Å². The van der Waals surface area contributed by atoms with E-state index >= 15 is 0 Å². The molecule has 4 aromatic rings. The molecule has 150 valence electrons. The van der Waals surface area contributed by atoms with Crippen LogP contribution in [0.2, 0.25) is 5.02 Å². The molecule has 0 saturated carbocycles. The Balaban J connectivity index is 1.76. The van der Waals surface area contributed by atoms with Gasteiger partial charge in [-0.2, -0.15) is 0 Å². The van der Waals surface area contributed by atoms with Crippen LogP contribution in [0.1, 0.15) is 44.8 Å². The molecule has 0 spiro atoms. The molecule has 30 heavy (non-hydrogen) atoms. The summed E-state index contributed by atoms with van der Waals surface area (Å²) in [4.78, 5) is 6.58. The van der Waals surface area contributed by atoms with E-state index in [1.54, 1.807) is 11.3 Å². The van der Waals surface area contributed by atoms with E-state index in [-0.39, 0.29) is 6.04 Å². The summed E-state index contributed by atoms with van der Waals surface area (Å²) in [7, 11) is 0. The summed E-state index contributed by atoms with van der Waals surface area (Å²) in [5.74, 6) is 1.78. The van der Waals surface area contributed by atoms with Crippen LogP contribution in [-0.2, 0) is 6.42 Å². The quantitative estimate of drug-likeness (QED) is 0.396. The van der Waals surface area contributed by atoms with Crippen LogP contribution in [0.5, 0.6) is 0 Å². The zero-order valence-electron chi connectivity index (χ0n) is 17.1. The number of aliphatic imine (C=N–C) groups is 1. The van der Waals surface area contributed by atoms with E-state index in [0.717, 1.165) is 39.4 Å². The van der Waals surface area contributed by atoms with Gasteiger partial charge in [0.15, 0.2) is 5.82 Å². The van der Waals surface area contributed by atoms with Crippen LogP contribution in [0.3, 0.4) is 0 Å². The van der Waals surface area contributed by atoms with Gasteiger partial charge in [0.25, 0.3) is 0 Å². The maximum Gasteiger partial charge on any atom is 0.163 e. The van der Waals surface area contributed by atoms with Crippen molar-refractivity contribution in [1.82, 2.24) is 14.8 Å². The van der Waals surface area contributed by atoms with Crippen molar-refractivity contribution in [2.24, 2.45) is 4.99 Å². The number of thiophene rings is 1. The molecule has 0 fully saturated rings. The molecule has 1 atom stereocenters. The Hall–Kier alpha value is -2.76. The molecular weight excluding hydrogens is 412 g/mol. The van der Waals surface area contributed by atoms with Crippen LogP contribution >= 0.6 is 22.9 Å². The van der Waals surface area contributed by atoms with Crippen LogP contribution in [0.4, 0.5) is 0 Å². The Labute approximate surface area is 184 Å². The van der Waals surface area contributed by atoms with E-state index in [4.69, 9.17) is 16.6 Å². The summed E-state index contributed by atoms with van der Waals surface area (Å²) in [6, 6.07) is 18.3. The molecule has 1 aliphatic rings. The Kier molecular flexibility index (Phi) is 4.80. The minimum Gasteiger partial charge on any atom is -0.272 e. The highest BCUT2D eigenvalue weighted by molar-refractivity contribution is 7.15. The van der Waals surface area contributed by atoms with Gasteiger partial charge in [0.1, 0.15) is 16.9 Å². The lowest BCUT2D eigenvalue weighted by molar-refractivity contribution is 0.658. The first-order valence-corrected chi connectivity index (χ1v) is 11.1. The predicted molar refractivity (Wildman–Crippen MR) is 123 cm³/mol. The van der Waals surface area contributed by atoms with E-state index in [9.17, 15) is 0 Å². The molecule has 1 aliphatic heterocycles. The minimum absolute atomic E-state index is 0.126. The molecular formula is C24H21ClN4S. The Morgan fingerprint density at radius 2 is 1.70 bits per heavy atom. The van der Waals surface area contributed by atoms with Gasteiger partial charge in [-0.25, -0.2) is 0 Å². The Bertz CT molecular complexity index is 1250. The van der Waals surface area contributed by atoms with Gasteiger partial charge in [-0.1, -0.05) is 54.1 Å². The Morgan fingerprint density at radius 3 is 2.43 bits per heavy atom. The van der Waals surface area contributed by atoms with Gasteiger partial charge >= 0.3 is 0 Å².